The van der Waals surface area contributed by atoms with Gasteiger partial charge in [0.1, 0.15) is 12.4 Å². The van der Waals surface area contributed by atoms with Gasteiger partial charge in [-0.3, -0.25) is 0 Å². The number of methoxy groups -OCH3 is 1. The largest absolute Gasteiger partial charge is 0.465 e. The second-order valence-electron chi connectivity index (χ2n) is 2.89. The third kappa shape index (κ3) is 5.39. The molecule has 1 rings (SSSR count). The lowest BCUT2D eigenvalue weighted by atomic mass is 10.2. The average Bonchev–Trinajstić information content (AvgIpc) is 2.25. The van der Waals surface area contributed by atoms with Crippen LogP contribution in [-0.4, -0.2) is 30.8 Å². The molecule has 1 aromatic rings. The van der Waals surface area contributed by atoms with E-state index >= 15 is 0 Å². The van der Waals surface area contributed by atoms with Gasteiger partial charge in [-0.05, 0) is 12.1 Å². The molecule has 0 aliphatic rings. The maximum absolute atomic E-state index is 11.9. The standard InChI is InChI=1S/C9H9F3N2O2.ClH/c1-16-8(15)6-2-3-13-7(4-6)14-5-9(10,11)12;/h2-4H,5H2,1H3,(H,13,14);1H. The SMILES string of the molecule is COC(=O)c1ccnc(NCC(F)(F)F)c1.Cl. The highest BCUT2D eigenvalue weighted by Crippen LogP contribution is 2.16. The monoisotopic (exact) mass is 270 g/mol. The topological polar surface area (TPSA) is 51.2 Å². The van der Waals surface area contributed by atoms with Crippen LogP contribution >= 0.6 is 12.4 Å². The zero-order chi connectivity index (χ0) is 12.2. The minimum Gasteiger partial charge on any atom is -0.465 e. The summed E-state index contributed by atoms with van der Waals surface area (Å²) >= 11 is 0. The number of anilines is 1. The van der Waals surface area contributed by atoms with Crippen molar-refractivity contribution in [1.29, 1.82) is 0 Å². The van der Waals surface area contributed by atoms with E-state index < -0.39 is 18.7 Å². The molecule has 0 aliphatic carbocycles. The van der Waals surface area contributed by atoms with Crippen molar-refractivity contribution in [2.45, 2.75) is 6.18 Å². The van der Waals surface area contributed by atoms with Crippen LogP contribution < -0.4 is 5.32 Å². The Hall–Kier alpha value is -1.50. The molecule has 0 radical (unpaired) electrons. The maximum atomic E-state index is 11.9. The molecule has 0 bridgehead atoms. The fraction of sp³-hybridized carbons (Fsp3) is 0.333. The highest BCUT2D eigenvalue weighted by Gasteiger charge is 2.26. The Morgan fingerprint density at radius 1 is 1.53 bits per heavy atom. The van der Waals surface area contributed by atoms with Gasteiger partial charge in [0.15, 0.2) is 0 Å². The van der Waals surface area contributed by atoms with Gasteiger partial charge in [-0.25, -0.2) is 9.78 Å². The lowest BCUT2D eigenvalue weighted by molar-refractivity contribution is -0.115. The van der Waals surface area contributed by atoms with E-state index in [1.54, 1.807) is 0 Å². The van der Waals surface area contributed by atoms with Crippen molar-refractivity contribution in [3.8, 4) is 0 Å². The minimum atomic E-state index is -4.33. The van der Waals surface area contributed by atoms with Gasteiger partial charge in [-0.15, -0.1) is 12.4 Å². The Bertz CT molecular complexity index is 385. The van der Waals surface area contributed by atoms with Crippen LogP contribution in [0.5, 0.6) is 0 Å². The highest BCUT2D eigenvalue weighted by molar-refractivity contribution is 5.89. The van der Waals surface area contributed by atoms with Crippen LogP contribution in [0, 0.1) is 0 Å². The molecule has 0 spiro atoms. The zero-order valence-electron chi connectivity index (χ0n) is 8.75. The summed E-state index contributed by atoms with van der Waals surface area (Å²) in [4.78, 5) is 14.7. The fourth-order valence-electron chi connectivity index (χ4n) is 0.963. The molecule has 0 atom stereocenters. The first-order valence-electron chi connectivity index (χ1n) is 4.27. The number of nitrogens with one attached hydrogen (secondary N) is 1. The van der Waals surface area contributed by atoms with Crippen LogP contribution in [0.25, 0.3) is 0 Å². The molecule has 8 heteroatoms. The predicted octanol–water partition coefficient (Wildman–Crippen LogP) is 2.26. The minimum absolute atomic E-state index is 0. The van der Waals surface area contributed by atoms with E-state index in [9.17, 15) is 18.0 Å². The molecular formula is C9H10ClF3N2O2. The van der Waals surface area contributed by atoms with E-state index in [-0.39, 0.29) is 23.8 Å². The average molecular weight is 271 g/mol. The number of aromatic nitrogens is 1. The van der Waals surface area contributed by atoms with Crippen molar-refractivity contribution in [2.75, 3.05) is 19.0 Å². The molecule has 0 aromatic carbocycles. The summed E-state index contributed by atoms with van der Waals surface area (Å²) in [5.74, 6) is -0.655. The van der Waals surface area contributed by atoms with E-state index in [1.165, 1.54) is 25.4 Å². The quantitative estimate of drug-likeness (QED) is 0.856. The number of rotatable bonds is 3. The lowest BCUT2D eigenvalue weighted by Crippen LogP contribution is -2.21. The number of halogens is 4. The Morgan fingerprint density at radius 3 is 2.71 bits per heavy atom. The summed E-state index contributed by atoms with van der Waals surface area (Å²) in [7, 11) is 1.19. The lowest BCUT2D eigenvalue weighted by Gasteiger charge is -2.09. The number of nitrogens with zero attached hydrogens (tertiary/aromatic N) is 1. The third-order valence-electron chi connectivity index (χ3n) is 1.65. The van der Waals surface area contributed by atoms with Crippen molar-refractivity contribution < 1.29 is 22.7 Å². The molecule has 0 saturated carbocycles. The van der Waals surface area contributed by atoms with Crippen LogP contribution in [0.2, 0.25) is 0 Å². The number of pyridine rings is 1. The molecule has 1 heterocycles. The third-order valence-corrected chi connectivity index (χ3v) is 1.65. The first kappa shape index (κ1) is 15.5. The van der Waals surface area contributed by atoms with Gasteiger partial charge in [0.2, 0.25) is 0 Å². The number of hydrogen-bond acceptors (Lipinski definition) is 4. The van der Waals surface area contributed by atoms with Crippen LogP contribution in [0.15, 0.2) is 18.3 Å². The number of ether oxygens (including phenoxy) is 1. The number of alkyl halides is 3. The molecule has 1 N–H and O–H groups in total. The fourth-order valence-corrected chi connectivity index (χ4v) is 0.963. The van der Waals surface area contributed by atoms with Crippen molar-refractivity contribution in [2.24, 2.45) is 0 Å². The Kier molecular flexibility index (Phi) is 5.73. The van der Waals surface area contributed by atoms with Gasteiger partial charge in [0.05, 0.1) is 12.7 Å². The number of carbonyl (C=O) groups is 1. The predicted molar refractivity (Wildman–Crippen MR) is 57.4 cm³/mol. The number of esters is 1. The van der Waals surface area contributed by atoms with E-state index in [1.807, 2.05) is 0 Å². The van der Waals surface area contributed by atoms with Crippen molar-refractivity contribution in [1.82, 2.24) is 4.98 Å². The molecule has 17 heavy (non-hydrogen) atoms. The van der Waals surface area contributed by atoms with Crippen LogP contribution in [-0.2, 0) is 4.74 Å². The van der Waals surface area contributed by atoms with E-state index in [4.69, 9.17) is 0 Å². The molecule has 0 amide bonds. The van der Waals surface area contributed by atoms with Gasteiger partial charge in [0, 0.05) is 6.20 Å². The van der Waals surface area contributed by atoms with Crippen molar-refractivity contribution >= 4 is 24.2 Å². The number of hydrogen-bond donors (Lipinski definition) is 1. The zero-order valence-corrected chi connectivity index (χ0v) is 9.56. The molecule has 1 aromatic heterocycles. The Labute approximate surface area is 102 Å². The normalized spacial score (nSPS) is 10.4. The Balaban J connectivity index is 0.00000256. The summed E-state index contributed by atoms with van der Waals surface area (Å²) in [6.07, 6.45) is -3.10. The van der Waals surface area contributed by atoms with Crippen LogP contribution in [0.1, 0.15) is 10.4 Å². The molecule has 0 aliphatic heterocycles. The molecule has 0 saturated heterocycles. The second-order valence-corrected chi connectivity index (χ2v) is 2.89. The summed E-state index contributed by atoms with van der Waals surface area (Å²) in [5, 5.41) is 2.06. The van der Waals surface area contributed by atoms with E-state index in [2.05, 4.69) is 15.0 Å². The summed E-state index contributed by atoms with van der Waals surface area (Å²) in [6, 6.07) is 2.54. The smallest absolute Gasteiger partial charge is 0.405 e. The van der Waals surface area contributed by atoms with E-state index in [0.29, 0.717) is 0 Å². The van der Waals surface area contributed by atoms with Gasteiger partial charge >= 0.3 is 12.1 Å². The first-order valence-corrected chi connectivity index (χ1v) is 4.27. The highest BCUT2D eigenvalue weighted by atomic mass is 35.5. The summed E-state index contributed by atoms with van der Waals surface area (Å²) in [6.45, 7) is -1.20. The van der Waals surface area contributed by atoms with Gasteiger partial charge < -0.3 is 10.1 Å². The van der Waals surface area contributed by atoms with Gasteiger partial charge in [-0.2, -0.15) is 13.2 Å². The molecule has 4 nitrogen and oxygen atoms in total. The molecular weight excluding hydrogens is 261 g/mol. The van der Waals surface area contributed by atoms with Crippen molar-refractivity contribution in [3.63, 3.8) is 0 Å². The van der Waals surface area contributed by atoms with Crippen molar-refractivity contribution in [3.05, 3.63) is 23.9 Å². The molecule has 0 unspecified atom stereocenters. The van der Waals surface area contributed by atoms with Gasteiger partial charge in [0.25, 0.3) is 0 Å². The van der Waals surface area contributed by atoms with Crippen LogP contribution in [0.4, 0.5) is 19.0 Å². The van der Waals surface area contributed by atoms with Gasteiger partial charge in [-0.1, -0.05) is 0 Å². The number of carbonyl (C=O) groups excluding carboxylic acids is 1. The summed E-state index contributed by atoms with van der Waals surface area (Å²) < 4.78 is 40.1. The van der Waals surface area contributed by atoms with Crippen LogP contribution in [0.3, 0.4) is 0 Å². The Morgan fingerprint density at radius 2 is 2.18 bits per heavy atom. The molecule has 96 valence electrons. The maximum Gasteiger partial charge on any atom is 0.405 e. The first-order chi connectivity index (χ1) is 7.42. The molecule has 0 fully saturated rings. The summed E-state index contributed by atoms with van der Waals surface area (Å²) in [5.41, 5.74) is 0.141. The second kappa shape index (κ2) is 6.29. The van der Waals surface area contributed by atoms with E-state index in [0.717, 1.165) is 0 Å².